The van der Waals surface area contributed by atoms with Crippen molar-refractivity contribution in [2.45, 2.75) is 6.18 Å². The van der Waals surface area contributed by atoms with Crippen molar-refractivity contribution >= 4 is 23.4 Å². The Kier molecular flexibility index (Phi) is 9.22. The number of ether oxygens (including phenoxy) is 2. The van der Waals surface area contributed by atoms with E-state index < -0.39 is 36.0 Å². The Morgan fingerprint density at radius 1 is 0.939 bits per heavy atom. The molecule has 0 aromatic heterocycles. The number of nitrogens with one attached hydrogen (secondary N) is 2. The van der Waals surface area contributed by atoms with Crippen LogP contribution in [0.15, 0.2) is 48.5 Å². The van der Waals surface area contributed by atoms with Crippen LogP contribution in [-0.2, 0) is 20.5 Å². The highest BCUT2D eigenvalue weighted by Gasteiger charge is 2.30. The summed E-state index contributed by atoms with van der Waals surface area (Å²) >= 11 is 0. The highest BCUT2D eigenvalue weighted by atomic mass is 19.4. The van der Waals surface area contributed by atoms with Gasteiger partial charge in [0.15, 0.2) is 0 Å². The number of benzene rings is 2. The summed E-state index contributed by atoms with van der Waals surface area (Å²) in [5, 5.41) is 5.01. The first kappa shape index (κ1) is 25.7. The molecule has 0 aliphatic rings. The Labute approximate surface area is 188 Å². The summed E-state index contributed by atoms with van der Waals surface area (Å²) in [4.78, 5) is 38.2. The second-order valence-corrected chi connectivity index (χ2v) is 6.85. The Morgan fingerprint density at radius 3 is 2.12 bits per heavy atom. The molecule has 0 unspecified atom stereocenters. The molecule has 0 aliphatic carbocycles. The van der Waals surface area contributed by atoms with Gasteiger partial charge in [0.05, 0.1) is 32.4 Å². The molecule has 2 aromatic rings. The molecule has 0 saturated carbocycles. The first-order valence-electron chi connectivity index (χ1n) is 9.80. The zero-order chi connectivity index (χ0) is 24.4. The zero-order valence-electron chi connectivity index (χ0n) is 18.1. The molecule has 0 spiro atoms. The number of carbonyl (C=O) groups is 3. The minimum Gasteiger partial charge on any atom is -0.497 e. The van der Waals surface area contributed by atoms with Crippen LogP contribution < -0.4 is 15.4 Å². The maximum atomic E-state index is 12.7. The van der Waals surface area contributed by atoms with Gasteiger partial charge in [-0.05, 0) is 48.5 Å². The summed E-state index contributed by atoms with van der Waals surface area (Å²) < 4.78 is 48.2. The predicted octanol–water partition coefficient (Wildman–Crippen LogP) is 2.56. The van der Waals surface area contributed by atoms with Gasteiger partial charge in [0, 0.05) is 24.9 Å². The van der Waals surface area contributed by atoms with E-state index >= 15 is 0 Å². The molecule has 0 fully saturated rings. The lowest BCUT2D eigenvalue weighted by molar-refractivity contribution is -0.137. The number of carbonyl (C=O) groups excluding carboxylic acids is 3. The van der Waals surface area contributed by atoms with E-state index in [9.17, 15) is 27.6 Å². The second-order valence-electron chi connectivity index (χ2n) is 6.85. The van der Waals surface area contributed by atoms with Gasteiger partial charge in [-0.2, -0.15) is 13.2 Å². The summed E-state index contributed by atoms with van der Waals surface area (Å²) in [6.45, 7) is -0.601. The van der Waals surface area contributed by atoms with E-state index in [2.05, 4.69) is 10.6 Å². The number of rotatable bonds is 10. The normalized spacial score (nSPS) is 10.9. The van der Waals surface area contributed by atoms with Crippen LogP contribution in [-0.4, -0.2) is 63.1 Å². The first-order valence-corrected chi connectivity index (χ1v) is 9.80. The average Bonchev–Trinajstić information content (AvgIpc) is 2.80. The highest BCUT2D eigenvalue weighted by molar-refractivity contribution is 5.98. The monoisotopic (exact) mass is 467 g/mol. The van der Waals surface area contributed by atoms with Crippen LogP contribution in [0.5, 0.6) is 5.75 Å². The number of alkyl halides is 3. The van der Waals surface area contributed by atoms with Gasteiger partial charge in [0.25, 0.3) is 5.91 Å². The minimum atomic E-state index is -4.52. The zero-order valence-corrected chi connectivity index (χ0v) is 18.1. The van der Waals surface area contributed by atoms with E-state index in [0.717, 1.165) is 29.2 Å². The summed E-state index contributed by atoms with van der Waals surface area (Å²) in [6.07, 6.45) is -4.52. The fourth-order valence-electron chi connectivity index (χ4n) is 2.73. The second kappa shape index (κ2) is 11.9. The molecule has 33 heavy (non-hydrogen) atoms. The molecule has 3 amide bonds. The first-order chi connectivity index (χ1) is 15.6. The third-order valence-electron chi connectivity index (χ3n) is 4.47. The van der Waals surface area contributed by atoms with Gasteiger partial charge in [-0.25, -0.2) is 0 Å². The van der Waals surface area contributed by atoms with Crippen molar-refractivity contribution in [2.24, 2.45) is 0 Å². The number of hydrogen-bond donors (Lipinski definition) is 2. The van der Waals surface area contributed by atoms with Crippen LogP contribution in [0.4, 0.5) is 18.9 Å². The van der Waals surface area contributed by atoms with Gasteiger partial charge in [0.2, 0.25) is 11.8 Å². The molecule has 2 aromatic carbocycles. The van der Waals surface area contributed by atoms with E-state index in [1.165, 1.54) is 14.2 Å². The quantitative estimate of drug-likeness (QED) is 0.560. The van der Waals surface area contributed by atoms with Crippen LogP contribution in [0.1, 0.15) is 15.9 Å². The van der Waals surface area contributed by atoms with Crippen molar-refractivity contribution in [1.82, 2.24) is 10.2 Å². The lowest BCUT2D eigenvalue weighted by atomic mass is 10.1. The number of methoxy groups -OCH3 is 2. The van der Waals surface area contributed by atoms with Crippen LogP contribution in [0, 0.1) is 0 Å². The van der Waals surface area contributed by atoms with Gasteiger partial charge >= 0.3 is 6.18 Å². The number of halogens is 3. The number of nitrogens with zero attached hydrogens (tertiary/aromatic N) is 1. The summed E-state index contributed by atoms with van der Waals surface area (Å²) in [7, 11) is 2.92. The van der Waals surface area contributed by atoms with Crippen molar-refractivity contribution in [1.29, 1.82) is 0 Å². The fourth-order valence-corrected chi connectivity index (χ4v) is 2.73. The Morgan fingerprint density at radius 2 is 1.58 bits per heavy atom. The molecule has 0 bridgehead atoms. The van der Waals surface area contributed by atoms with Gasteiger partial charge in [0.1, 0.15) is 5.75 Å². The van der Waals surface area contributed by atoms with Crippen molar-refractivity contribution in [2.75, 3.05) is 45.8 Å². The van der Waals surface area contributed by atoms with E-state index in [1.807, 2.05) is 0 Å². The van der Waals surface area contributed by atoms with Crippen molar-refractivity contribution in [3.8, 4) is 5.75 Å². The summed E-state index contributed by atoms with van der Waals surface area (Å²) in [5.41, 5.74) is -0.387. The van der Waals surface area contributed by atoms with Gasteiger partial charge in [-0.1, -0.05) is 0 Å². The maximum absolute atomic E-state index is 12.7. The Hall–Kier alpha value is -3.60. The molecule has 0 saturated heterocycles. The van der Waals surface area contributed by atoms with Crippen molar-refractivity contribution < 1.29 is 37.0 Å². The SMILES string of the molecule is COCCN(CC(=O)NCC(=O)Nc1ccc(OC)cc1)C(=O)c1ccc(C(F)(F)F)cc1. The Bertz CT molecular complexity index is 947. The van der Waals surface area contributed by atoms with Crippen LogP contribution in [0.2, 0.25) is 0 Å². The molecule has 178 valence electrons. The maximum Gasteiger partial charge on any atom is 0.416 e. The largest absolute Gasteiger partial charge is 0.497 e. The number of amides is 3. The van der Waals surface area contributed by atoms with Gasteiger partial charge in [-0.15, -0.1) is 0 Å². The molecule has 11 heteroatoms. The molecule has 2 N–H and O–H groups in total. The summed E-state index contributed by atoms with van der Waals surface area (Å²) in [5.74, 6) is -1.11. The molecular weight excluding hydrogens is 443 g/mol. The van der Waals surface area contributed by atoms with E-state index in [1.54, 1.807) is 24.3 Å². The Balaban J connectivity index is 1.94. The number of hydrogen-bond acceptors (Lipinski definition) is 5. The smallest absolute Gasteiger partial charge is 0.416 e. The van der Waals surface area contributed by atoms with E-state index in [4.69, 9.17) is 9.47 Å². The van der Waals surface area contributed by atoms with Crippen LogP contribution >= 0.6 is 0 Å². The highest BCUT2D eigenvalue weighted by Crippen LogP contribution is 2.29. The molecule has 2 rings (SSSR count). The lowest BCUT2D eigenvalue weighted by Gasteiger charge is -2.22. The molecule has 0 heterocycles. The third-order valence-corrected chi connectivity index (χ3v) is 4.47. The molecule has 0 aliphatic heterocycles. The van der Waals surface area contributed by atoms with E-state index in [-0.39, 0.29) is 25.3 Å². The van der Waals surface area contributed by atoms with Crippen molar-refractivity contribution in [3.05, 3.63) is 59.7 Å². The average molecular weight is 467 g/mol. The van der Waals surface area contributed by atoms with Gasteiger partial charge in [-0.3, -0.25) is 14.4 Å². The molecular formula is C22H24F3N3O5. The van der Waals surface area contributed by atoms with Crippen molar-refractivity contribution in [3.63, 3.8) is 0 Å². The topological polar surface area (TPSA) is 97.0 Å². The fraction of sp³-hybridized carbons (Fsp3) is 0.318. The molecule has 8 nitrogen and oxygen atoms in total. The van der Waals surface area contributed by atoms with Crippen LogP contribution in [0.3, 0.4) is 0 Å². The standard InChI is InChI=1S/C22H24F3N3O5/c1-32-12-11-28(21(31)15-3-5-16(6-4-15)22(23,24)25)14-20(30)26-13-19(29)27-17-7-9-18(33-2)10-8-17/h3-10H,11-14H2,1-2H3,(H,26,30)(H,27,29). The summed E-state index contributed by atoms with van der Waals surface area (Å²) in [6, 6.07) is 10.3. The minimum absolute atomic E-state index is 0.0100. The molecule has 0 atom stereocenters. The number of anilines is 1. The lowest BCUT2D eigenvalue weighted by Crippen LogP contribution is -2.44. The van der Waals surface area contributed by atoms with Crippen LogP contribution in [0.25, 0.3) is 0 Å². The van der Waals surface area contributed by atoms with Gasteiger partial charge < -0.3 is 25.0 Å². The van der Waals surface area contributed by atoms with E-state index in [0.29, 0.717) is 11.4 Å². The molecule has 0 radical (unpaired) electrons. The predicted molar refractivity (Wildman–Crippen MR) is 114 cm³/mol. The third kappa shape index (κ3) is 8.11.